The van der Waals surface area contributed by atoms with Gasteiger partial charge in [0.2, 0.25) is 0 Å². The van der Waals surface area contributed by atoms with E-state index in [0.717, 1.165) is 10.0 Å². The van der Waals surface area contributed by atoms with E-state index in [0.29, 0.717) is 25.3 Å². The third-order valence-corrected chi connectivity index (χ3v) is 3.13. The van der Waals surface area contributed by atoms with Gasteiger partial charge in [-0.1, -0.05) is 6.07 Å². The molecule has 0 heterocycles. The lowest BCUT2D eigenvalue weighted by molar-refractivity contribution is 0.0709. The van der Waals surface area contributed by atoms with E-state index in [-0.39, 0.29) is 5.91 Å². The van der Waals surface area contributed by atoms with Crippen LogP contribution in [0.5, 0.6) is 0 Å². The first kappa shape index (κ1) is 14.2. The van der Waals surface area contributed by atoms with E-state index in [1.807, 2.05) is 32.0 Å². The first-order valence-electron chi connectivity index (χ1n) is 5.65. The number of halogens is 1. The minimum atomic E-state index is 0.0107. The first-order chi connectivity index (χ1) is 8.06. The van der Waals surface area contributed by atoms with Crippen molar-refractivity contribution in [2.24, 2.45) is 0 Å². The van der Waals surface area contributed by atoms with Gasteiger partial charge in [-0.15, -0.1) is 0 Å². The van der Waals surface area contributed by atoms with E-state index >= 15 is 0 Å². The van der Waals surface area contributed by atoms with Crippen LogP contribution in [0.1, 0.15) is 22.8 Å². The van der Waals surface area contributed by atoms with Crippen molar-refractivity contribution in [3.8, 4) is 0 Å². The van der Waals surface area contributed by atoms with Crippen LogP contribution in [0.4, 0.5) is 0 Å². The molecule has 17 heavy (non-hydrogen) atoms. The highest BCUT2D eigenvalue weighted by molar-refractivity contribution is 9.10. The molecule has 1 rings (SSSR count). The Morgan fingerprint density at radius 3 is 2.76 bits per heavy atom. The lowest BCUT2D eigenvalue weighted by Gasteiger charge is -2.18. The van der Waals surface area contributed by atoms with Crippen LogP contribution in [0.2, 0.25) is 0 Å². The van der Waals surface area contributed by atoms with Crippen LogP contribution in [0.3, 0.4) is 0 Å². The van der Waals surface area contributed by atoms with Gasteiger partial charge in [0.05, 0.1) is 12.2 Å². The summed E-state index contributed by atoms with van der Waals surface area (Å²) >= 11 is 3.42. The molecule has 0 atom stereocenters. The highest BCUT2D eigenvalue weighted by Crippen LogP contribution is 2.19. The van der Waals surface area contributed by atoms with Crippen molar-refractivity contribution in [1.29, 1.82) is 0 Å². The van der Waals surface area contributed by atoms with E-state index in [1.165, 1.54) is 0 Å². The second kappa shape index (κ2) is 6.77. The summed E-state index contributed by atoms with van der Waals surface area (Å²) in [4.78, 5) is 13.8. The van der Waals surface area contributed by atoms with Crippen molar-refractivity contribution in [3.05, 3.63) is 33.8 Å². The fourth-order valence-corrected chi connectivity index (χ4v) is 2.11. The summed E-state index contributed by atoms with van der Waals surface area (Å²) in [6.07, 6.45) is 0. The molecule has 0 aromatic heterocycles. The van der Waals surface area contributed by atoms with Crippen molar-refractivity contribution in [1.82, 2.24) is 4.90 Å². The van der Waals surface area contributed by atoms with Crippen LogP contribution in [0.25, 0.3) is 0 Å². The van der Waals surface area contributed by atoms with Crippen LogP contribution < -0.4 is 0 Å². The number of hydrogen-bond donors (Lipinski definition) is 0. The fraction of sp³-hybridized carbons (Fsp3) is 0.462. The average molecular weight is 300 g/mol. The monoisotopic (exact) mass is 299 g/mol. The molecule has 0 spiro atoms. The normalized spacial score (nSPS) is 10.4. The number of nitrogens with zero attached hydrogens (tertiary/aromatic N) is 1. The number of carbonyl (C=O) groups excluding carboxylic acids is 1. The van der Waals surface area contributed by atoms with E-state index < -0.39 is 0 Å². The van der Waals surface area contributed by atoms with E-state index in [1.54, 1.807) is 11.9 Å². The summed E-state index contributed by atoms with van der Waals surface area (Å²) < 4.78 is 6.07. The smallest absolute Gasteiger partial charge is 0.254 e. The Kier molecular flexibility index (Phi) is 5.65. The number of likely N-dealkylation sites (N-methyl/N-ethyl adjacent to an activating group) is 1. The SMILES string of the molecule is CCOCCN(C)C(=O)c1ccc(C)cc1Br. The molecular formula is C13H18BrNO2. The Morgan fingerprint density at radius 1 is 1.47 bits per heavy atom. The Hall–Kier alpha value is -0.870. The summed E-state index contributed by atoms with van der Waals surface area (Å²) in [5.41, 5.74) is 1.82. The topological polar surface area (TPSA) is 29.5 Å². The molecule has 0 saturated carbocycles. The number of ether oxygens (including phenoxy) is 1. The molecule has 1 aromatic rings. The minimum Gasteiger partial charge on any atom is -0.380 e. The third kappa shape index (κ3) is 4.13. The summed E-state index contributed by atoms with van der Waals surface area (Å²) in [5.74, 6) is 0.0107. The van der Waals surface area contributed by atoms with Crippen LogP contribution in [-0.4, -0.2) is 37.6 Å². The Labute approximate surface area is 111 Å². The van der Waals surface area contributed by atoms with Gasteiger partial charge in [-0.05, 0) is 47.5 Å². The van der Waals surface area contributed by atoms with Gasteiger partial charge >= 0.3 is 0 Å². The van der Waals surface area contributed by atoms with Gasteiger partial charge in [0.15, 0.2) is 0 Å². The molecular weight excluding hydrogens is 282 g/mol. The molecule has 0 aliphatic carbocycles. The second-order valence-electron chi connectivity index (χ2n) is 3.91. The van der Waals surface area contributed by atoms with Gasteiger partial charge in [-0.2, -0.15) is 0 Å². The Balaban J connectivity index is 2.68. The third-order valence-electron chi connectivity index (χ3n) is 2.48. The number of amides is 1. The summed E-state index contributed by atoms with van der Waals surface area (Å²) in [5, 5.41) is 0. The van der Waals surface area contributed by atoms with E-state index in [4.69, 9.17) is 4.74 Å². The summed E-state index contributed by atoms with van der Waals surface area (Å²) in [7, 11) is 1.79. The molecule has 0 aliphatic rings. The molecule has 1 aromatic carbocycles. The van der Waals surface area contributed by atoms with E-state index in [9.17, 15) is 4.79 Å². The molecule has 0 fully saturated rings. The zero-order chi connectivity index (χ0) is 12.8. The highest BCUT2D eigenvalue weighted by Gasteiger charge is 2.14. The molecule has 1 amide bonds. The minimum absolute atomic E-state index is 0.0107. The molecule has 0 N–H and O–H groups in total. The molecule has 0 unspecified atom stereocenters. The van der Waals surface area contributed by atoms with Crippen molar-refractivity contribution in [2.75, 3.05) is 26.8 Å². The summed E-state index contributed by atoms with van der Waals surface area (Å²) in [6.45, 7) is 5.79. The molecule has 94 valence electrons. The number of aryl methyl sites for hydroxylation is 1. The maximum absolute atomic E-state index is 12.1. The Morgan fingerprint density at radius 2 is 2.18 bits per heavy atom. The fourth-order valence-electron chi connectivity index (χ4n) is 1.45. The maximum atomic E-state index is 12.1. The molecule has 0 aliphatic heterocycles. The van der Waals surface area contributed by atoms with Gasteiger partial charge in [0.25, 0.3) is 5.91 Å². The maximum Gasteiger partial charge on any atom is 0.254 e. The van der Waals surface area contributed by atoms with Crippen LogP contribution in [0, 0.1) is 6.92 Å². The van der Waals surface area contributed by atoms with Crippen molar-refractivity contribution in [2.45, 2.75) is 13.8 Å². The average Bonchev–Trinajstić information content (AvgIpc) is 2.28. The number of hydrogen-bond acceptors (Lipinski definition) is 2. The predicted octanol–water partition coefficient (Wildman–Crippen LogP) is 2.87. The van der Waals surface area contributed by atoms with Crippen molar-refractivity contribution >= 4 is 21.8 Å². The molecule has 3 nitrogen and oxygen atoms in total. The Bertz CT molecular complexity index is 393. The van der Waals surface area contributed by atoms with Crippen molar-refractivity contribution in [3.63, 3.8) is 0 Å². The zero-order valence-corrected chi connectivity index (χ0v) is 12.1. The highest BCUT2D eigenvalue weighted by atomic mass is 79.9. The quantitative estimate of drug-likeness (QED) is 0.783. The molecule has 0 radical (unpaired) electrons. The lowest BCUT2D eigenvalue weighted by atomic mass is 10.1. The molecule has 4 heteroatoms. The standard InChI is InChI=1S/C13H18BrNO2/c1-4-17-8-7-15(3)13(16)11-6-5-10(2)9-12(11)14/h5-6,9H,4,7-8H2,1-3H3. The van der Waals surface area contributed by atoms with Gasteiger partial charge in [-0.3, -0.25) is 4.79 Å². The predicted molar refractivity (Wildman–Crippen MR) is 72.3 cm³/mol. The number of benzene rings is 1. The van der Waals surface area contributed by atoms with Crippen molar-refractivity contribution < 1.29 is 9.53 Å². The van der Waals surface area contributed by atoms with Crippen LogP contribution in [-0.2, 0) is 4.74 Å². The van der Waals surface area contributed by atoms with E-state index in [2.05, 4.69) is 15.9 Å². The van der Waals surface area contributed by atoms with Gasteiger partial charge in [0, 0.05) is 24.7 Å². The second-order valence-corrected chi connectivity index (χ2v) is 4.76. The molecule has 0 bridgehead atoms. The zero-order valence-electron chi connectivity index (χ0n) is 10.5. The lowest BCUT2D eigenvalue weighted by Crippen LogP contribution is -2.30. The van der Waals surface area contributed by atoms with Gasteiger partial charge < -0.3 is 9.64 Å². The number of carbonyl (C=O) groups is 1. The van der Waals surface area contributed by atoms with Crippen LogP contribution in [0.15, 0.2) is 22.7 Å². The summed E-state index contributed by atoms with van der Waals surface area (Å²) in [6, 6.07) is 5.73. The van der Waals surface area contributed by atoms with Gasteiger partial charge in [-0.25, -0.2) is 0 Å². The van der Waals surface area contributed by atoms with Gasteiger partial charge in [0.1, 0.15) is 0 Å². The van der Waals surface area contributed by atoms with Crippen LogP contribution >= 0.6 is 15.9 Å². The number of rotatable bonds is 5. The first-order valence-corrected chi connectivity index (χ1v) is 6.45. The largest absolute Gasteiger partial charge is 0.380 e. The molecule has 0 saturated heterocycles.